The summed E-state index contributed by atoms with van der Waals surface area (Å²) in [4.78, 5) is 31.6. The number of imidazole rings is 1. The first-order chi connectivity index (χ1) is 10.0. The van der Waals surface area contributed by atoms with E-state index >= 15 is 0 Å². The number of rotatable bonds is 5. The summed E-state index contributed by atoms with van der Waals surface area (Å²) in [5.74, 6) is -1.59. The van der Waals surface area contributed by atoms with Crippen molar-refractivity contribution in [3.8, 4) is 0 Å². The fourth-order valence-corrected chi connectivity index (χ4v) is 2.02. The van der Waals surface area contributed by atoms with E-state index in [4.69, 9.17) is 5.11 Å². The van der Waals surface area contributed by atoms with E-state index in [1.807, 2.05) is 44.2 Å². The Morgan fingerprint density at radius 3 is 2.52 bits per heavy atom. The zero-order chi connectivity index (χ0) is 15.4. The molecule has 6 nitrogen and oxygen atoms in total. The van der Waals surface area contributed by atoms with Crippen molar-refractivity contribution in [3.63, 3.8) is 0 Å². The molecule has 0 saturated carbocycles. The van der Waals surface area contributed by atoms with Crippen molar-refractivity contribution < 1.29 is 14.7 Å². The van der Waals surface area contributed by atoms with Gasteiger partial charge in [-0.2, -0.15) is 0 Å². The highest BCUT2D eigenvalue weighted by atomic mass is 16.4. The standard InChI is InChI=1S/C15H17N3O3/c1-10(2)18(8-11-6-4-3-5-7-11)14(19)12-13(15(20)21)17-9-16-12/h3-7,9-10H,8H2,1-2H3,(H,16,17)(H,20,21). The van der Waals surface area contributed by atoms with Crippen LogP contribution < -0.4 is 0 Å². The molecule has 21 heavy (non-hydrogen) atoms. The van der Waals surface area contributed by atoms with Gasteiger partial charge in [0, 0.05) is 12.6 Å². The van der Waals surface area contributed by atoms with Crippen LogP contribution in [-0.4, -0.2) is 37.9 Å². The predicted molar refractivity (Wildman–Crippen MR) is 77.0 cm³/mol. The Morgan fingerprint density at radius 2 is 1.95 bits per heavy atom. The van der Waals surface area contributed by atoms with Crippen LogP contribution in [0.15, 0.2) is 36.7 Å². The Labute approximate surface area is 122 Å². The second-order valence-corrected chi connectivity index (χ2v) is 4.94. The number of H-pyrrole nitrogens is 1. The number of hydrogen-bond acceptors (Lipinski definition) is 3. The van der Waals surface area contributed by atoms with E-state index in [1.54, 1.807) is 4.90 Å². The van der Waals surface area contributed by atoms with Crippen molar-refractivity contribution in [2.45, 2.75) is 26.4 Å². The number of hydrogen-bond donors (Lipinski definition) is 2. The van der Waals surface area contributed by atoms with E-state index in [1.165, 1.54) is 6.33 Å². The molecule has 2 rings (SSSR count). The number of nitrogens with one attached hydrogen (secondary N) is 1. The Morgan fingerprint density at radius 1 is 1.29 bits per heavy atom. The van der Waals surface area contributed by atoms with Crippen molar-refractivity contribution in [1.29, 1.82) is 0 Å². The molecule has 1 aromatic heterocycles. The molecule has 6 heteroatoms. The van der Waals surface area contributed by atoms with Gasteiger partial charge in [0.25, 0.3) is 5.91 Å². The Hall–Kier alpha value is -2.63. The maximum Gasteiger partial charge on any atom is 0.354 e. The number of carbonyl (C=O) groups is 2. The minimum atomic E-state index is -1.20. The summed E-state index contributed by atoms with van der Waals surface area (Å²) in [6.45, 7) is 4.17. The molecule has 0 aliphatic rings. The molecule has 1 aromatic carbocycles. The minimum absolute atomic E-state index is 0.0628. The van der Waals surface area contributed by atoms with Crippen LogP contribution in [0.4, 0.5) is 0 Å². The van der Waals surface area contributed by atoms with E-state index in [0.717, 1.165) is 5.56 Å². The van der Waals surface area contributed by atoms with Crippen LogP contribution >= 0.6 is 0 Å². The van der Waals surface area contributed by atoms with Gasteiger partial charge in [0.15, 0.2) is 11.4 Å². The molecule has 110 valence electrons. The first-order valence-electron chi connectivity index (χ1n) is 6.62. The molecule has 0 radical (unpaired) electrons. The van der Waals surface area contributed by atoms with Gasteiger partial charge in [-0.05, 0) is 19.4 Å². The molecule has 0 aliphatic heterocycles. The maximum absolute atomic E-state index is 12.6. The lowest BCUT2D eigenvalue weighted by Crippen LogP contribution is -2.37. The first-order valence-corrected chi connectivity index (χ1v) is 6.62. The number of aromatic amines is 1. The van der Waals surface area contributed by atoms with E-state index in [2.05, 4.69) is 9.97 Å². The van der Waals surface area contributed by atoms with Crippen LogP contribution in [0.25, 0.3) is 0 Å². The molecule has 0 bridgehead atoms. The number of benzene rings is 1. The molecule has 0 atom stereocenters. The SMILES string of the molecule is CC(C)N(Cc1ccccc1)C(=O)c1nc[nH]c1C(=O)O. The lowest BCUT2D eigenvalue weighted by Gasteiger charge is -2.26. The molecular weight excluding hydrogens is 270 g/mol. The Balaban J connectivity index is 2.28. The summed E-state index contributed by atoms with van der Waals surface area (Å²) in [5.41, 5.74) is 0.734. The number of aromatic nitrogens is 2. The first kappa shape index (κ1) is 14.8. The number of carboxylic acid groups (broad SMARTS) is 1. The van der Waals surface area contributed by atoms with Crippen LogP contribution in [0.3, 0.4) is 0 Å². The summed E-state index contributed by atoms with van der Waals surface area (Å²) in [6, 6.07) is 9.47. The van der Waals surface area contributed by atoms with Gasteiger partial charge in [-0.3, -0.25) is 4.79 Å². The summed E-state index contributed by atoms with van der Waals surface area (Å²) in [5, 5.41) is 9.07. The van der Waals surface area contributed by atoms with Gasteiger partial charge in [0.2, 0.25) is 0 Å². The third kappa shape index (κ3) is 3.28. The third-order valence-electron chi connectivity index (χ3n) is 3.14. The van der Waals surface area contributed by atoms with Crippen molar-refractivity contribution in [1.82, 2.24) is 14.9 Å². The normalized spacial score (nSPS) is 10.6. The van der Waals surface area contributed by atoms with Crippen LogP contribution in [0.1, 0.15) is 40.4 Å². The number of nitrogens with zero attached hydrogens (tertiary/aromatic N) is 2. The average molecular weight is 287 g/mol. The lowest BCUT2D eigenvalue weighted by molar-refractivity contribution is 0.0643. The second kappa shape index (κ2) is 6.21. The molecule has 2 N–H and O–H groups in total. The zero-order valence-electron chi connectivity index (χ0n) is 11.9. The highest BCUT2D eigenvalue weighted by Gasteiger charge is 2.26. The van der Waals surface area contributed by atoms with E-state index < -0.39 is 11.9 Å². The fourth-order valence-electron chi connectivity index (χ4n) is 2.02. The maximum atomic E-state index is 12.6. The topological polar surface area (TPSA) is 86.3 Å². The lowest BCUT2D eigenvalue weighted by atomic mass is 10.1. The van der Waals surface area contributed by atoms with Crippen molar-refractivity contribution in [3.05, 3.63) is 53.6 Å². The highest BCUT2D eigenvalue weighted by molar-refractivity contribution is 6.02. The molecule has 2 aromatic rings. The Bertz CT molecular complexity index is 635. The van der Waals surface area contributed by atoms with Crippen LogP contribution in [0, 0.1) is 0 Å². The predicted octanol–water partition coefficient (Wildman–Crippen LogP) is 2.16. The number of carboxylic acids is 1. The molecule has 0 unspecified atom stereocenters. The fraction of sp³-hybridized carbons (Fsp3) is 0.267. The second-order valence-electron chi connectivity index (χ2n) is 4.94. The van der Waals surface area contributed by atoms with Crippen molar-refractivity contribution in [2.75, 3.05) is 0 Å². The summed E-state index contributed by atoms with van der Waals surface area (Å²) in [7, 11) is 0. The van der Waals surface area contributed by atoms with Crippen molar-refractivity contribution in [2.24, 2.45) is 0 Å². The van der Waals surface area contributed by atoms with Gasteiger partial charge >= 0.3 is 5.97 Å². The van der Waals surface area contributed by atoms with E-state index in [9.17, 15) is 9.59 Å². The minimum Gasteiger partial charge on any atom is -0.477 e. The molecule has 1 amide bonds. The van der Waals surface area contributed by atoms with Gasteiger partial charge in [-0.25, -0.2) is 9.78 Å². The van der Waals surface area contributed by atoms with Gasteiger partial charge in [0.1, 0.15) is 0 Å². The summed E-state index contributed by atoms with van der Waals surface area (Å²) in [6.07, 6.45) is 1.22. The number of amides is 1. The Kier molecular flexibility index (Phi) is 4.37. The van der Waals surface area contributed by atoms with E-state index in [-0.39, 0.29) is 17.4 Å². The highest BCUT2D eigenvalue weighted by Crippen LogP contribution is 2.14. The van der Waals surface area contributed by atoms with Gasteiger partial charge in [-0.15, -0.1) is 0 Å². The third-order valence-corrected chi connectivity index (χ3v) is 3.14. The number of aromatic carboxylic acids is 1. The molecule has 0 aliphatic carbocycles. The molecular formula is C15H17N3O3. The van der Waals surface area contributed by atoms with Gasteiger partial charge in [-0.1, -0.05) is 30.3 Å². The zero-order valence-corrected chi connectivity index (χ0v) is 11.9. The number of carbonyl (C=O) groups excluding carboxylic acids is 1. The average Bonchev–Trinajstić information content (AvgIpc) is 2.94. The van der Waals surface area contributed by atoms with Gasteiger partial charge in [0.05, 0.1) is 6.33 Å². The summed E-state index contributed by atoms with van der Waals surface area (Å²) < 4.78 is 0. The van der Waals surface area contributed by atoms with E-state index in [0.29, 0.717) is 6.54 Å². The van der Waals surface area contributed by atoms with Crippen molar-refractivity contribution >= 4 is 11.9 Å². The summed E-state index contributed by atoms with van der Waals surface area (Å²) >= 11 is 0. The molecule has 0 spiro atoms. The van der Waals surface area contributed by atoms with Crippen LogP contribution in [-0.2, 0) is 6.54 Å². The monoisotopic (exact) mass is 287 g/mol. The molecule has 1 heterocycles. The smallest absolute Gasteiger partial charge is 0.354 e. The van der Waals surface area contributed by atoms with Crippen LogP contribution in [0.5, 0.6) is 0 Å². The van der Waals surface area contributed by atoms with Gasteiger partial charge < -0.3 is 15.0 Å². The van der Waals surface area contributed by atoms with Crippen LogP contribution in [0.2, 0.25) is 0 Å². The molecule has 0 fully saturated rings. The quantitative estimate of drug-likeness (QED) is 0.882. The largest absolute Gasteiger partial charge is 0.477 e. The molecule has 0 saturated heterocycles.